The standard InChI is InChI=1S/C23H21N3O2S/c1-28-19-11-9-17(10-12-19)13-14-24-23(27)21-16-20(22-8-5-15-29-22)25-26(21)18-6-3-2-4-7-18/h2-12,15-16H,13-14H2,1H3,(H,24,27). The van der Waals surface area contributed by atoms with Gasteiger partial charge in [0.1, 0.15) is 17.1 Å². The molecule has 6 heteroatoms. The number of ether oxygens (including phenoxy) is 1. The first kappa shape index (κ1) is 19.0. The first-order valence-electron chi connectivity index (χ1n) is 9.35. The van der Waals surface area contributed by atoms with Crippen LogP contribution < -0.4 is 10.1 Å². The second-order valence-corrected chi connectivity index (χ2v) is 7.44. The number of methoxy groups -OCH3 is 1. The molecule has 0 saturated carbocycles. The van der Waals surface area contributed by atoms with Crippen LogP contribution in [0.1, 0.15) is 16.1 Å². The highest BCUT2D eigenvalue weighted by molar-refractivity contribution is 7.13. The lowest BCUT2D eigenvalue weighted by molar-refractivity contribution is 0.0946. The molecule has 0 bridgehead atoms. The summed E-state index contributed by atoms with van der Waals surface area (Å²) in [7, 11) is 1.65. The van der Waals surface area contributed by atoms with Crippen LogP contribution in [0.4, 0.5) is 0 Å². The molecule has 4 rings (SSSR count). The first-order valence-corrected chi connectivity index (χ1v) is 10.2. The number of aromatic nitrogens is 2. The number of nitrogens with zero attached hydrogens (tertiary/aromatic N) is 2. The Morgan fingerprint density at radius 1 is 1.07 bits per heavy atom. The molecule has 2 heterocycles. The Labute approximate surface area is 173 Å². The van der Waals surface area contributed by atoms with Crippen molar-refractivity contribution in [2.75, 3.05) is 13.7 Å². The van der Waals surface area contributed by atoms with E-state index in [-0.39, 0.29) is 5.91 Å². The van der Waals surface area contributed by atoms with Crippen molar-refractivity contribution in [3.8, 4) is 22.0 Å². The molecule has 29 heavy (non-hydrogen) atoms. The molecule has 0 spiro atoms. The zero-order chi connectivity index (χ0) is 20.1. The van der Waals surface area contributed by atoms with E-state index in [2.05, 4.69) is 10.4 Å². The second kappa shape index (κ2) is 8.75. The highest BCUT2D eigenvalue weighted by Gasteiger charge is 2.17. The van der Waals surface area contributed by atoms with Crippen molar-refractivity contribution >= 4 is 17.2 Å². The Balaban J connectivity index is 1.52. The predicted octanol–water partition coefficient (Wildman–Crippen LogP) is 4.58. The van der Waals surface area contributed by atoms with Crippen molar-refractivity contribution in [3.63, 3.8) is 0 Å². The third-order valence-corrected chi connectivity index (χ3v) is 5.47. The predicted molar refractivity (Wildman–Crippen MR) is 116 cm³/mol. The van der Waals surface area contributed by atoms with Crippen LogP contribution in [0.2, 0.25) is 0 Å². The topological polar surface area (TPSA) is 56.1 Å². The summed E-state index contributed by atoms with van der Waals surface area (Å²) in [5, 5.41) is 9.70. The number of thiophene rings is 1. The van der Waals surface area contributed by atoms with Gasteiger partial charge in [0.15, 0.2) is 0 Å². The van der Waals surface area contributed by atoms with Crippen molar-refractivity contribution in [1.82, 2.24) is 15.1 Å². The molecule has 0 saturated heterocycles. The van der Waals surface area contributed by atoms with E-state index in [4.69, 9.17) is 4.74 Å². The maximum atomic E-state index is 12.9. The van der Waals surface area contributed by atoms with E-state index in [1.54, 1.807) is 23.1 Å². The molecule has 0 unspecified atom stereocenters. The molecular weight excluding hydrogens is 382 g/mol. The maximum absolute atomic E-state index is 12.9. The molecule has 0 atom stereocenters. The lowest BCUT2D eigenvalue weighted by Gasteiger charge is -2.08. The van der Waals surface area contributed by atoms with E-state index in [0.29, 0.717) is 12.2 Å². The van der Waals surface area contributed by atoms with Crippen LogP contribution in [0, 0.1) is 0 Å². The summed E-state index contributed by atoms with van der Waals surface area (Å²) in [5.41, 5.74) is 3.32. The van der Waals surface area contributed by atoms with Crippen molar-refractivity contribution in [2.24, 2.45) is 0 Å². The number of rotatable bonds is 7. The van der Waals surface area contributed by atoms with Crippen molar-refractivity contribution in [3.05, 3.63) is 89.4 Å². The summed E-state index contributed by atoms with van der Waals surface area (Å²) in [5.74, 6) is 0.684. The number of carbonyl (C=O) groups is 1. The van der Waals surface area contributed by atoms with Gasteiger partial charge in [-0.15, -0.1) is 11.3 Å². The largest absolute Gasteiger partial charge is 0.497 e. The normalized spacial score (nSPS) is 10.7. The zero-order valence-corrected chi connectivity index (χ0v) is 16.9. The summed E-state index contributed by atoms with van der Waals surface area (Å²) in [6.07, 6.45) is 0.743. The monoisotopic (exact) mass is 403 g/mol. The van der Waals surface area contributed by atoms with Gasteiger partial charge in [0.05, 0.1) is 17.7 Å². The van der Waals surface area contributed by atoms with Gasteiger partial charge in [-0.2, -0.15) is 5.10 Å². The molecule has 0 aliphatic rings. The number of para-hydroxylation sites is 1. The van der Waals surface area contributed by atoms with Crippen LogP contribution in [0.25, 0.3) is 16.3 Å². The molecule has 0 aliphatic heterocycles. The quantitative estimate of drug-likeness (QED) is 0.491. The van der Waals surface area contributed by atoms with Crippen LogP contribution in [-0.2, 0) is 6.42 Å². The van der Waals surface area contributed by atoms with Crippen molar-refractivity contribution in [1.29, 1.82) is 0 Å². The molecule has 0 aliphatic carbocycles. The molecule has 2 aromatic carbocycles. The Morgan fingerprint density at radius 2 is 1.86 bits per heavy atom. The van der Waals surface area contributed by atoms with Crippen LogP contribution >= 0.6 is 11.3 Å². The third-order valence-electron chi connectivity index (χ3n) is 4.57. The minimum Gasteiger partial charge on any atom is -0.497 e. The average molecular weight is 404 g/mol. The van der Waals surface area contributed by atoms with Gasteiger partial charge in [-0.25, -0.2) is 4.68 Å². The van der Waals surface area contributed by atoms with E-state index in [1.807, 2.05) is 78.2 Å². The summed E-state index contributed by atoms with van der Waals surface area (Å²) >= 11 is 1.61. The first-order chi connectivity index (χ1) is 14.2. The van der Waals surface area contributed by atoms with Crippen LogP contribution in [-0.4, -0.2) is 29.3 Å². The van der Waals surface area contributed by atoms with Gasteiger partial charge in [0.2, 0.25) is 0 Å². The van der Waals surface area contributed by atoms with Gasteiger partial charge in [-0.3, -0.25) is 4.79 Å². The van der Waals surface area contributed by atoms with Gasteiger partial charge in [-0.1, -0.05) is 36.4 Å². The maximum Gasteiger partial charge on any atom is 0.270 e. The van der Waals surface area contributed by atoms with Crippen molar-refractivity contribution in [2.45, 2.75) is 6.42 Å². The van der Waals surface area contributed by atoms with Gasteiger partial charge >= 0.3 is 0 Å². The Bertz CT molecular complexity index is 1070. The fourth-order valence-electron chi connectivity index (χ4n) is 3.06. The molecule has 0 fully saturated rings. The van der Waals surface area contributed by atoms with Crippen LogP contribution in [0.5, 0.6) is 5.75 Å². The molecule has 1 N–H and O–H groups in total. The van der Waals surface area contributed by atoms with Gasteiger partial charge in [0.25, 0.3) is 5.91 Å². The Kier molecular flexibility index (Phi) is 5.72. The van der Waals surface area contributed by atoms with E-state index >= 15 is 0 Å². The summed E-state index contributed by atoms with van der Waals surface area (Å²) in [6.45, 7) is 0.541. The number of hydrogen-bond donors (Lipinski definition) is 1. The highest BCUT2D eigenvalue weighted by Crippen LogP contribution is 2.25. The van der Waals surface area contributed by atoms with E-state index in [1.165, 1.54) is 0 Å². The van der Waals surface area contributed by atoms with Gasteiger partial charge < -0.3 is 10.1 Å². The smallest absolute Gasteiger partial charge is 0.270 e. The zero-order valence-electron chi connectivity index (χ0n) is 16.0. The third kappa shape index (κ3) is 4.38. The lowest BCUT2D eigenvalue weighted by atomic mass is 10.1. The molecule has 1 amide bonds. The highest BCUT2D eigenvalue weighted by atomic mass is 32.1. The van der Waals surface area contributed by atoms with E-state index in [0.717, 1.165) is 34.0 Å². The molecule has 0 radical (unpaired) electrons. The summed E-state index contributed by atoms with van der Waals surface area (Å²) in [6, 6.07) is 23.4. The molecule has 4 aromatic rings. The summed E-state index contributed by atoms with van der Waals surface area (Å²) in [4.78, 5) is 14.0. The fourth-order valence-corrected chi connectivity index (χ4v) is 3.74. The van der Waals surface area contributed by atoms with Crippen LogP contribution in [0.15, 0.2) is 78.2 Å². The Morgan fingerprint density at radius 3 is 2.55 bits per heavy atom. The Hall–Kier alpha value is -3.38. The van der Waals surface area contributed by atoms with Crippen molar-refractivity contribution < 1.29 is 9.53 Å². The second-order valence-electron chi connectivity index (χ2n) is 6.49. The SMILES string of the molecule is COc1ccc(CCNC(=O)c2cc(-c3cccs3)nn2-c2ccccc2)cc1. The molecule has 5 nitrogen and oxygen atoms in total. The number of amides is 1. The fraction of sp³-hybridized carbons (Fsp3) is 0.130. The number of benzene rings is 2. The van der Waals surface area contributed by atoms with Crippen LogP contribution in [0.3, 0.4) is 0 Å². The summed E-state index contributed by atoms with van der Waals surface area (Å²) < 4.78 is 6.89. The molecular formula is C23H21N3O2S. The number of nitrogens with one attached hydrogen (secondary N) is 1. The van der Waals surface area contributed by atoms with Gasteiger partial charge in [0, 0.05) is 6.54 Å². The lowest BCUT2D eigenvalue weighted by Crippen LogP contribution is -2.27. The number of carbonyl (C=O) groups excluding carboxylic acids is 1. The molecule has 2 aromatic heterocycles. The van der Waals surface area contributed by atoms with Gasteiger partial charge in [-0.05, 0) is 53.8 Å². The molecule has 146 valence electrons. The minimum absolute atomic E-state index is 0.141. The van der Waals surface area contributed by atoms with E-state index < -0.39 is 0 Å². The minimum atomic E-state index is -0.141. The number of hydrogen-bond acceptors (Lipinski definition) is 4. The average Bonchev–Trinajstić information content (AvgIpc) is 3.45. The van der Waals surface area contributed by atoms with E-state index in [9.17, 15) is 4.79 Å².